The molecule has 1 heterocycles. The smallest absolute Gasteiger partial charge is 0.0641 e. The summed E-state index contributed by atoms with van der Waals surface area (Å²) >= 11 is 0. The predicted octanol–water partition coefficient (Wildman–Crippen LogP) is 2.04. The van der Waals surface area contributed by atoms with E-state index >= 15 is 0 Å². The van der Waals surface area contributed by atoms with Crippen molar-refractivity contribution in [2.24, 2.45) is 18.9 Å². The van der Waals surface area contributed by atoms with Gasteiger partial charge < -0.3 is 5.32 Å². The fraction of sp³-hybridized carbons (Fsp3) is 0.750. The average Bonchev–Trinajstić information content (AvgIpc) is 2.76. The van der Waals surface area contributed by atoms with Crippen LogP contribution in [0.3, 0.4) is 0 Å². The summed E-state index contributed by atoms with van der Waals surface area (Å²) in [6.45, 7) is 7.77. The Labute approximate surface area is 91.9 Å². The molecule has 1 fully saturated rings. The molecule has 3 unspecified atom stereocenters. The van der Waals surface area contributed by atoms with Gasteiger partial charge in [-0.05, 0) is 38.6 Å². The fourth-order valence-electron chi connectivity index (χ4n) is 2.16. The third-order valence-corrected chi connectivity index (χ3v) is 3.48. The lowest BCUT2D eigenvalue weighted by Crippen LogP contribution is -2.21. The number of rotatable bonds is 4. The molecule has 0 aromatic carbocycles. The standard InChI is InChI=1S/C12H21N3/c1-8-5-11(8)6-13-9(2)12-7-15(4)14-10(12)3/h7-9,11,13H,5-6H2,1-4H3. The first-order valence-corrected chi connectivity index (χ1v) is 5.81. The Hall–Kier alpha value is -0.830. The minimum absolute atomic E-state index is 0.423. The molecule has 0 spiro atoms. The molecule has 15 heavy (non-hydrogen) atoms. The first kappa shape index (κ1) is 10.7. The number of nitrogens with one attached hydrogen (secondary N) is 1. The van der Waals surface area contributed by atoms with Crippen molar-refractivity contribution >= 4 is 0 Å². The number of hydrogen-bond acceptors (Lipinski definition) is 2. The Morgan fingerprint density at radius 1 is 1.67 bits per heavy atom. The highest BCUT2D eigenvalue weighted by Gasteiger charge is 2.32. The van der Waals surface area contributed by atoms with Crippen molar-refractivity contribution in [3.8, 4) is 0 Å². The Bertz CT molecular complexity index is 343. The SMILES string of the molecule is Cc1nn(C)cc1C(C)NCC1CC1C. The summed E-state index contributed by atoms with van der Waals surface area (Å²) in [5.74, 6) is 1.84. The lowest BCUT2D eigenvalue weighted by atomic mass is 10.1. The molecule has 1 aromatic rings. The van der Waals surface area contributed by atoms with Crippen molar-refractivity contribution in [1.29, 1.82) is 0 Å². The number of hydrogen-bond donors (Lipinski definition) is 1. The van der Waals surface area contributed by atoms with Crippen LogP contribution in [0.4, 0.5) is 0 Å². The van der Waals surface area contributed by atoms with Crippen LogP contribution in [0.15, 0.2) is 6.20 Å². The summed E-state index contributed by atoms with van der Waals surface area (Å²) in [5, 5.41) is 7.96. The molecule has 3 heteroatoms. The molecule has 3 atom stereocenters. The van der Waals surface area contributed by atoms with E-state index in [4.69, 9.17) is 0 Å². The van der Waals surface area contributed by atoms with Crippen molar-refractivity contribution in [3.63, 3.8) is 0 Å². The van der Waals surface area contributed by atoms with Crippen molar-refractivity contribution < 1.29 is 0 Å². The van der Waals surface area contributed by atoms with Gasteiger partial charge in [-0.1, -0.05) is 6.92 Å². The van der Waals surface area contributed by atoms with Gasteiger partial charge in [0.15, 0.2) is 0 Å². The normalized spacial score (nSPS) is 26.7. The van der Waals surface area contributed by atoms with Gasteiger partial charge in [0.25, 0.3) is 0 Å². The third kappa shape index (κ3) is 2.40. The van der Waals surface area contributed by atoms with Crippen LogP contribution in [0.5, 0.6) is 0 Å². The van der Waals surface area contributed by atoms with Crippen LogP contribution in [0.25, 0.3) is 0 Å². The van der Waals surface area contributed by atoms with Crippen molar-refractivity contribution in [1.82, 2.24) is 15.1 Å². The Kier molecular flexibility index (Phi) is 2.83. The van der Waals surface area contributed by atoms with Crippen molar-refractivity contribution in [3.05, 3.63) is 17.5 Å². The monoisotopic (exact) mass is 207 g/mol. The second-order valence-electron chi connectivity index (χ2n) is 4.95. The molecule has 3 nitrogen and oxygen atoms in total. The lowest BCUT2D eigenvalue weighted by Gasteiger charge is -2.12. The number of aromatic nitrogens is 2. The molecule has 0 saturated heterocycles. The first-order chi connectivity index (χ1) is 7.08. The highest BCUT2D eigenvalue weighted by atomic mass is 15.3. The van der Waals surface area contributed by atoms with Crippen LogP contribution >= 0.6 is 0 Å². The average molecular weight is 207 g/mol. The zero-order valence-electron chi connectivity index (χ0n) is 10.1. The van der Waals surface area contributed by atoms with Gasteiger partial charge in [0.05, 0.1) is 5.69 Å². The van der Waals surface area contributed by atoms with Crippen LogP contribution < -0.4 is 5.32 Å². The highest BCUT2D eigenvalue weighted by Crippen LogP contribution is 2.37. The van der Waals surface area contributed by atoms with Gasteiger partial charge in [-0.3, -0.25) is 4.68 Å². The first-order valence-electron chi connectivity index (χ1n) is 5.81. The summed E-state index contributed by atoms with van der Waals surface area (Å²) in [4.78, 5) is 0. The molecule has 0 bridgehead atoms. The van der Waals surface area contributed by atoms with E-state index in [2.05, 4.69) is 37.4 Å². The van der Waals surface area contributed by atoms with Crippen molar-refractivity contribution in [2.75, 3.05) is 6.54 Å². The van der Waals surface area contributed by atoms with Gasteiger partial charge in [-0.15, -0.1) is 0 Å². The summed E-state index contributed by atoms with van der Waals surface area (Å²) in [6.07, 6.45) is 3.51. The maximum absolute atomic E-state index is 4.37. The minimum Gasteiger partial charge on any atom is -0.310 e. The van der Waals surface area contributed by atoms with Gasteiger partial charge in [-0.25, -0.2) is 0 Å². The van der Waals surface area contributed by atoms with Gasteiger partial charge in [-0.2, -0.15) is 5.10 Å². The molecule has 1 saturated carbocycles. The molecule has 1 aromatic heterocycles. The molecule has 84 valence electrons. The number of aryl methyl sites for hydroxylation is 2. The van der Waals surface area contributed by atoms with Crippen LogP contribution in [0.2, 0.25) is 0 Å². The van der Waals surface area contributed by atoms with E-state index < -0.39 is 0 Å². The quantitative estimate of drug-likeness (QED) is 0.818. The molecule has 0 aliphatic heterocycles. The molecule has 0 radical (unpaired) electrons. The fourth-order valence-corrected chi connectivity index (χ4v) is 2.16. The number of nitrogens with zero attached hydrogens (tertiary/aromatic N) is 2. The zero-order chi connectivity index (χ0) is 11.0. The summed E-state index contributed by atoms with van der Waals surface area (Å²) in [6, 6.07) is 0.423. The highest BCUT2D eigenvalue weighted by molar-refractivity contribution is 5.19. The van der Waals surface area contributed by atoms with Gasteiger partial charge in [0.1, 0.15) is 0 Å². The molecule has 1 N–H and O–H groups in total. The molecule has 1 aliphatic rings. The van der Waals surface area contributed by atoms with E-state index in [1.54, 1.807) is 0 Å². The lowest BCUT2D eigenvalue weighted by molar-refractivity contribution is 0.533. The summed E-state index contributed by atoms with van der Waals surface area (Å²) in [5.41, 5.74) is 2.46. The Morgan fingerprint density at radius 3 is 2.80 bits per heavy atom. The summed E-state index contributed by atoms with van der Waals surface area (Å²) in [7, 11) is 1.98. The second kappa shape index (κ2) is 3.97. The Morgan fingerprint density at radius 2 is 2.33 bits per heavy atom. The van der Waals surface area contributed by atoms with Gasteiger partial charge >= 0.3 is 0 Å². The van der Waals surface area contributed by atoms with Gasteiger partial charge in [0.2, 0.25) is 0 Å². The maximum Gasteiger partial charge on any atom is 0.0641 e. The van der Waals surface area contributed by atoms with Crippen molar-refractivity contribution in [2.45, 2.75) is 33.2 Å². The largest absolute Gasteiger partial charge is 0.310 e. The van der Waals surface area contributed by atoms with Crippen LogP contribution in [-0.4, -0.2) is 16.3 Å². The third-order valence-electron chi connectivity index (χ3n) is 3.48. The minimum atomic E-state index is 0.423. The van der Waals surface area contributed by atoms with E-state index in [1.807, 2.05) is 11.7 Å². The predicted molar refractivity (Wildman–Crippen MR) is 61.6 cm³/mol. The van der Waals surface area contributed by atoms with E-state index in [-0.39, 0.29) is 0 Å². The molecule has 2 rings (SSSR count). The zero-order valence-corrected chi connectivity index (χ0v) is 10.1. The molecule has 1 aliphatic carbocycles. The van der Waals surface area contributed by atoms with Gasteiger partial charge in [0, 0.05) is 24.8 Å². The summed E-state index contributed by atoms with van der Waals surface area (Å²) < 4.78 is 1.89. The van der Waals surface area contributed by atoms with E-state index in [0.29, 0.717) is 6.04 Å². The van der Waals surface area contributed by atoms with E-state index in [1.165, 1.54) is 12.0 Å². The second-order valence-corrected chi connectivity index (χ2v) is 4.95. The Balaban J connectivity index is 1.89. The maximum atomic E-state index is 4.37. The van der Waals surface area contributed by atoms with Crippen LogP contribution in [0, 0.1) is 18.8 Å². The molecule has 0 amide bonds. The molecular formula is C12H21N3. The van der Waals surface area contributed by atoms with E-state index in [9.17, 15) is 0 Å². The van der Waals surface area contributed by atoms with Crippen LogP contribution in [-0.2, 0) is 7.05 Å². The van der Waals surface area contributed by atoms with E-state index in [0.717, 1.165) is 24.1 Å². The molecular weight excluding hydrogens is 186 g/mol. The van der Waals surface area contributed by atoms with Crippen LogP contribution in [0.1, 0.15) is 37.6 Å². The topological polar surface area (TPSA) is 29.9 Å².